The van der Waals surface area contributed by atoms with Crippen LogP contribution in [0.25, 0.3) is 0 Å². The molecule has 1 aromatic heterocycles. The zero-order valence-electron chi connectivity index (χ0n) is 10.2. The van der Waals surface area contributed by atoms with E-state index < -0.39 is 0 Å². The molecule has 1 heterocycles. The fourth-order valence-electron chi connectivity index (χ4n) is 0.917. The molecule has 88 valence electrons. The highest BCUT2D eigenvalue weighted by Crippen LogP contribution is 2.03. The molecule has 0 N–H and O–H groups in total. The van der Waals surface area contributed by atoms with Crippen LogP contribution in [-0.4, -0.2) is 50.1 Å². The minimum absolute atomic E-state index is 0.717. The van der Waals surface area contributed by atoms with Gasteiger partial charge in [-0.25, -0.2) is 0 Å². The van der Waals surface area contributed by atoms with Crippen molar-refractivity contribution >= 4 is 12.4 Å². The number of hydrazone groups is 2. The molecule has 16 heavy (non-hydrogen) atoms. The van der Waals surface area contributed by atoms with Crippen molar-refractivity contribution in [3.05, 3.63) is 23.7 Å². The summed E-state index contributed by atoms with van der Waals surface area (Å²) in [5.74, 6) is 1.44. The maximum Gasteiger partial charge on any atom is 0.147 e. The highest BCUT2D eigenvalue weighted by Gasteiger charge is 1.97. The summed E-state index contributed by atoms with van der Waals surface area (Å²) < 4.78 is 5.48. The molecule has 0 aliphatic rings. The lowest BCUT2D eigenvalue weighted by molar-refractivity contribution is 0.376. The number of hydrogen-bond acceptors (Lipinski definition) is 5. The number of furan rings is 1. The van der Waals surface area contributed by atoms with E-state index in [0.29, 0.717) is 5.76 Å². The van der Waals surface area contributed by atoms with Crippen molar-refractivity contribution in [3.8, 4) is 0 Å². The number of nitrogens with zero attached hydrogens (tertiary/aromatic N) is 4. The quantitative estimate of drug-likeness (QED) is 0.559. The Kier molecular flexibility index (Phi) is 4.57. The molecule has 0 spiro atoms. The monoisotopic (exact) mass is 222 g/mol. The first kappa shape index (κ1) is 12.3. The fourth-order valence-corrected chi connectivity index (χ4v) is 0.917. The molecule has 0 saturated carbocycles. The third-order valence-electron chi connectivity index (χ3n) is 1.90. The summed E-state index contributed by atoms with van der Waals surface area (Å²) in [5, 5.41) is 11.8. The Morgan fingerprint density at radius 1 is 1.12 bits per heavy atom. The second-order valence-corrected chi connectivity index (χ2v) is 3.55. The molecule has 0 saturated heterocycles. The molecule has 0 bridgehead atoms. The fraction of sp³-hybridized carbons (Fsp3) is 0.455. The molecule has 5 nitrogen and oxygen atoms in total. The van der Waals surface area contributed by atoms with Gasteiger partial charge in [0, 0.05) is 27.7 Å². The van der Waals surface area contributed by atoms with Gasteiger partial charge in [0.2, 0.25) is 0 Å². The van der Waals surface area contributed by atoms with Crippen LogP contribution in [0.15, 0.2) is 26.8 Å². The van der Waals surface area contributed by atoms with Crippen LogP contribution in [0.1, 0.15) is 18.4 Å². The first-order chi connectivity index (χ1) is 7.61. The summed E-state index contributed by atoms with van der Waals surface area (Å²) in [6.07, 6.45) is 3.36. The Bertz CT molecular complexity index is 368. The molecule has 0 unspecified atom stereocenters. The number of hydrogen-bond donors (Lipinski definition) is 0. The van der Waals surface area contributed by atoms with Crippen molar-refractivity contribution in [2.75, 3.05) is 27.7 Å². The highest BCUT2D eigenvalue weighted by molar-refractivity contribution is 5.80. The predicted octanol–water partition coefficient (Wildman–Crippen LogP) is 1.46. The molecule has 0 aliphatic carbocycles. The Balaban J connectivity index is 2.61. The molecular formula is C11H18N4O. The minimum Gasteiger partial charge on any atom is -0.454 e. The van der Waals surface area contributed by atoms with Crippen LogP contribution in [0.4, 0.5) is 0 Å². The van der Waals surface area contributed by atoms with Crippen LogP contribution >= 0.6 is 0 Å². The van der Waals surface area contributed by atoms with E-state index in [4.69, 9.17) is 4.42 Å². The number of rotatable bonds is 5. The summed E-state index contributed by atoms with van der Waals surface area (Å²) in [6, 6.07) is 3.73. The van der Waals surface area contributed by atoms with Gasteiger partial charge in [0.1, 0.15) is 11.5 Å². The Morgan fingerprint density at radius 2 is 1.69 bits per heavy atom. The first-order valence-electron chi connectivity index (χ1n) is 5.18. The highest BCUT2D eigenvalue weighted by atomic mass is 16.3. The van der Waals surface area contributed by atoms with Crippen LogP contribution < -0.4 is 0 Å². The average Bonchev–Trinajstić information content (AvgIpc) is 2.71. The Hall–Kier alpha value is -1.78. The van der Waals surface area contributed by atoms with Crippen LogP contribution in [0.5, 0.6) is 0 Å². The first-order valence-corrected chi connectivity index (χ1v) is 5.18. The van der Waals surface area contributed by atoms with E-state index in [1.807, 2.05) is 45.2 Å². The normalized spacial score (nSPS) is 11.5. The van der Waals surface area contributed by atoms with Gasteiger partial charge in [-0.3, -0.25) is 0 Å². The van der Waals surface area contributed by atoms with Gasteiger partial charge in [0.15, 0.2) is 0 Å². The average molecular weight is 222 g/mol. The SMILES string of the molecule is CCN(C)/N=C/c1ccc(/C=N/N(C)C)o1. The lowest BCUT2D eigenvalue weighted by Crippen LogP contribution is -2.09. The molecule has 0 fully saturated rings. The van der Waals surface area contributed by atoms with Crippen LogP contribution in [0.2, 0.25) is 0 Å². The molecule has 0 aliphatic heterocycles. The maximum absolute atomic E-state index is 5.48. The van der Waals surface area contributed by atoms with Gasteiger partial charge < -0.3 is 14.4 Å². The van der Waals surface area contributed by atoms with Gasteiger partial charge in [-0.05, 0) is 19.1 Å². The largest absolute Gasteiger partial charge is 0.454 e. The molecule has 0 radical (unpaired) electrons. The van der Waals surface area contributed by atoms with Crippen LogP contribution in [0.3, 0.4) is 0 Å². The molecular weight excluding hydrogens is 204 g/mol. The van der Waals surface area contributed by atoms with E-state index in [9.17, 15) is 0 Å². The second-order valence-electron chi connectivity index (χ2n) is 3.55. The summed E-state index contributed by atoms with van der Waals surface area (Å²) in [4.78, 5) is 0. The lowest BCUT2D eigenvalue weighted by atomic mass is 10.4. The third-order valence-corrected chi connectivity index (χ3v) is 1.90. The van der Waals surface area contributed by atoms with E-state index in [1.54, 1.807) is 17.4 Å². The van der Waals surface area contributed by atoms with E-state index in [1.165, 1.54) is 0 Å². The molecule has 5 heteroatoms. The van der Waals surface area contributed by atoms with Crippen molar-refractivity contribution in [2.45, 2.75) is 6.92 Å². The smallest absolute Gasteiger partial charge is 0.147 e. The van der Waals surface area contributed by atoms with Gasteiger partial charge in [-0.1, -0.05) is 0 Å². The van der Waals surface area contributed by atoms with Crippen molar-refractivity contribution in [3.63, 3.8) is 0 Å². The minimum atomic E-state index is 0.717. The second kappa shape index (κ2) is 5.95. The Morgan fingerprint density at radius 3 is 2.19 bits per heavy atom. The van der Waals surface area contributed by atoms with E-state index in [2.05, 4.69) is 10.2 Å². The summed E-state index contributed by atoms with van der Waals surface area (Å²) in [7, 11) is 5.63. The molecule has 0 amide bonds. The zero-order chi connectivity index (χ0) is 12.0. The predicted molar refractivity (Wildman–Crippen MR) is 65.9 cm³/mol. The zero-order valence-corrected chi connectivity index (χ0v) is 10.2. The van der Waals surface area contributed by atoms with E-state index in [-0.39, 0.29) is 0 Å². The standard InChI is InChI=1S/C11H18N4O/c1-5-15(4)13-9-11-7-6-10(16-11)8-12-14(2)3/h6-9H,5H2,1-4H3/b12-8+,13-9+. The van der Waals surface area contributed by atoms with Gasteiger partial charge in [0.25, 0.3) is 0 Å². The third kappa shape index (κ3) is 4.16. The lowest BCUT2D eigenvalue weighted by Gasteiger charge is -2.06. The summed E-state index contributed by atoms with van der Waals surface area (Å²) in [6.45, 7) is 2.90. The van der Waals surface area contributed by atoms with Gasteiger partial charge in [-0.15, -0.1) is 0 Å². The topological polar surface area (TPSA) is 44.3 Å². The van der Waals surface area contributed by atoms with Crippen LogP contribution in [0, 0.1) is 0 Å². The van der Waals surface area contributed by atoms with E-state index in [0.717, 1.165) is 12.3 Å². The van der Waals surface area contributed by atoms with Gasteiger partial charge >= 0.3 is 0 Å². The van der Waals surface area contributed by atoms with Gasteiger partial charge in [-0.2, -0.15) is 10.2 Å². The summed E-state index contributed by atoms with van der Waals surface area (Å²) >= 11 is 0. The van der Waals surface area contributed by atoms with E-state index >= 15 is 0 Å². The van der Waals surface area contributed by atoms with Crippen molar-refractivity contribution in [1.82, 2.24) is 10.0 Å². The van der Waals surface area contributed by atoms with Crippen molar-refractivity contribution < 1.29 is 4.42 Å². The maximum atomic E-state index is 5.48. The molecule has 0 atom stereocenters. The molecule has 1 aromatic rings. The van der Waals surface area contributed by atoms with Crippen LogP contribution in [-0.2, 0) is 0 Å². The van der Waals surface area contributed by atoms with Crippen molar-refractivity contribution in [2.24, 2.45) is 10.2 Å². The van der Waals surface area contributed by atoms with Gasteiger partial charge in [0.05, 0.1) is 12.4 Å². The Labute approximate surface area is 96.0 Å². The van der Waals surface area contributed by atoms with Crippen molar-refractivity contribution in [1.29, 1.82) is 0 Å². The molecule has 0 aromatic carbocycles. The molecule has 1 rings (SSSR count). The summed E-state index contributed by atoms with van der Waals surface area (Å²) in [5.41, 5.74) is 0.